The lowest BCUT2D eigenvalue weighted by Crippen LogP contribution is -2.27. The quantitative estimate of drug-likeness (QED) is 0.338. The second-order valence-electron chi connectivity index (χ2n) is 6.25. The maximum absolute atomic E-state index is 6.01. The number of hydrogen-bond donors (Lipinski definition) is 0. The fourth-order valence-electron chi connectivity index (χ4n) is 2.35. The van der Waals surface area contributed by atoms with Crippen LogP contribution in [-0.4, -0.2) is 38.6 Å². The number of hydrogen-bond acceptors (Lipinski definition) is 3. The van der Waals surface area contributed by atoms with E-state index >= 15 is 0 Å². The number of unbranched alkanes of at least 4 members (excludes halogenated alkanes) is 6. The molecule has 0 N–H and O–H groups in total. The van der Waals surface area contributed by atoms with E-state index in [0.29, 0.717) is 13.2 Å². The summed E-state index contributed by atoms with van der Waals surface area (Å²) in [5, 5.41) is 0. The molecule has 0 spiro atoms. The molecule has 22 heavy (non-hydrogen) atoms. The van der Waals surface area contributed by atoms with Crippen molar-refractivity contribution in [3.05, 3.63) is 0 Å². The fourth-order valence-corrected chi connectivity index (χ4v) is 2.35. The highest BCUT2D eigenvalue weighted by Gasteiger charge is 2.12. The molecule has 0 rings (SSSR count). The predicted molar refractivity (Wildman–Crippen MR) is 94.5 cm³/mol. The van der Waals surface area contributed by atoms with Gasteiger partial charge in [-0.3, -0.25) is 0 Å². The molecule has 2 atom stereocenters. The third-order valence-corrected chi connectivity index (χ3v) is 3.82. The average molecular weight is 317 g/mol. The zero-order valence-corrected chi connectivity index (χ0v) is 15.6. The van der Waals surface area contributed by atoms with Crippen LogP contribution in [0.5, 0.6) is 0 Å². The zero-order chi connectivity index (χ0) is 16.5. The molecule has 0 heterocycles. The molecule has 0 bridgehead atoms. The Balaban J connectivity index is 3.51. The van der Waals surface area contributed by atoms with Gasteiger partial charge in [-0.15, -0.1) is 0 Å². The molecule has 0 aliphatic heterocycles. The molecule has 0 amide bonds. The Morgan fingerprint density at radius 3 is 1.73 bits per heavy atom. The first kappa shape index (κ1) is 21.9. The molecular weight excluding hydrogens is 276 g/mol. The Bertz CT molecular complexity index is 209. The van der Waals surface area contributed by atoms with Gasteiger partial charge in [0.1, 0.15) is 0 Å². The van der Waals surface area contributed by atoms with E-state index in [1.54, 1.807) is 0 Å². The van der Waals surface area contributed by atoms with Gasteiger partial charge >= 0.3 is 0 Å². The van der Waals surface area contributed by atoms with Crippen LogP contribution in [0.2, 0.25) is 0 Å². The minimum Gasteiger partial charge on any atom is -0.379 e. The molecular formula is C19H40O3. The topological polar surface area (TPSA) is 27.7 Å². The van der Waals surface area contributed by atoms with Crippen LogP contribution in [0.1, 0.15) is 85.5 Å². The van der Waals surface area contributed by atoms with Crippen molar-refractivity contribution in [3.8, 4) is 0 Å². The van der Waals surface area contributed by atoms with Crippen molar-refractivity contribution < 1.29 is 14.2 Å². The third-order valence-electron chi connectivity index (χ3n) is 3.82. The number of rotatable bonds is 17. The molecule has 0 aromatic rings. The van der Waals surface area contributed by atoms with E-state index in [0.717, 1.165) is 19.6 Å². The summed E-state index contributed by atoms with van der Waals surface area (Å²) in [7, 11) is 0. The maximum atomic E-state index is 6.01. The molecule has 0 fully saturated rings. The summed E-state index contributed by atoms with van der Waals surface area (Å²) in [6, 6.07) is 0. The Hall–Kier alpha value is -0.120. The molecule has 2 unspecified atom stereocenters. The Morgan fingerprint density at radius 2 is 1.23 bits per heavy atom. The van der Waals surface area contributed by atoms with Crippen LogP contribution in [0.15, 0.2) is 0 Å². The van der Waals surface area contributed by atoms with E-state index in [1.165, 1.54) is 51.4 Å². The summed E-state index contributed by atoms with van der Waals surface area (Å²) >= 11 is 0. The molecule has 3 nitrogen and oxygen atoms in total. The van der Waals surface area contributed by atoms with Crippen molar-refractivity contribution >= 4 is 0 Å². The van der Waals surface area contributed by atoms with Crippen LogP contribution in [-0.2, 0) is 14.2 Å². The van der Waals surface area contributed by atoms with Crippen molar-refractivity contribution in [2.45, 2.75) is 97.7 Å². The first-order chi connectivity index (χ1) is 10.7. The lowest BCUT2D eigenvalue weighted by Gasteiger charge is -2.21. The molecule has 134 valence electrons. The van der Waals surface area contributed by atoms with Crippen molar-refractivity contribution in [3.63, 3.8) is 0 Å². The van der Waals surface area contributed by atoms with E-state index in [1.807, 2.05) is 0 Å². The van der Waals surface area contributed by atoms with Gasteiger partial charge in [-0.25, -0.2) is 0 Å². The molecule has 0 saturated heterocycles. The van der Waals surface area contributed by atoms with Crippen LogP contribution >= 0.6 is 0 Å². The summed E-state index contributed by atoms with van der Waals surface area (Å²) in [5.74, 6) is 0. The van der Waals surface area contributed by atoms with Crippen LogP contribution in [0.4, 0.5) is 0 Å². The van der Waals surface area contributed by atoms with E-state index in [-0.39, 0.29) is 12.2 Å². The van der Waals surface area contributed by atoms with Gasteiger partial charge in [0.25, 0.3) is 0 Å². The number of ether oxygens (including phenoxy) is 3. The first-order valence-electron chi connectivity index (χ1n) is 9.55. The average Bonchev–Trinajstić information content (AvgIpc) is 2.52. The van der Waals surface area contributed by atoms with Gasteiger partial charge in [0.15, 0.2) is 0 Å². The monoisotopic (exact) mass is 316 g/mol. The standard InChI is InChI=1S/C19H40O3/c1-5-8-10-12-14-20-16-18(4)22-19(7-3)17-21-15-13-11-9-6-2/h18-19H,5-17H2,1-4H3. The van der Waals surface area contributed by atoms with Crippen LogP contribution in [0, 0.1) is 0 Å². The van der Waals surface area contributed by atoms with Gasteiger partial charge in [0, 0.05) is 13.2 Å². The second kappa shape index (κ2) is 17.2. The highest BCUT2D eigenvalue weighted by Crippen LogP contribution is 2.06. The molecule has 0 aliphatic rings. The summed E-state index contributed by atoms with van der Waals surface area (Å²) in [4.78, 5) is 0. The van der Waals surface area contributed by atoms with Crippen LogP contribution < -0.4 is 0 Å². The lowest BCUT2D eigenvalue weighted by molar-refractivity contribution is -0.0795. The fraction of sp³-hybridized carbons (Fsp3) is 1.00. The van der Waals surface area contributed by atoms with E-state index in [9.17, 15) is 0 Å². The zero-order valence-electron chi connectivity index (χ0n) is 15.6. The smallest absolute Gasteiger partial charge is 0.0810 e. The summed E-state index contributed by atoms with van der Waals surface area (Å²) in [6.07, 6.45) is 11.4. The van der Waals surface area contributed by atoms with Crippen molar-refractivity contribution in [1.82, 2.24) is 0 Å². The molecule has 3 heteroatoms. The molecule has 0 aromatic carbocycles. The minimum atomic E-state index is 0.153. The Morgan fingerprint density at radius 1 is 0.682 bits per heavy atom. The summed E-state index contributed by atoms with van der Waals surface area (Å²) in [5.41, 5.74) is 0. The van der Waals surface area contributed by atoms with Crippen molar-refractivity contribution in [2.24, 2.45) is 0 Å². The SMILES string of the molecule is CCCCCCOCC(C)OC(CC)COCCCCCC. The maximum Gasteiger partial charge on any atom is 0.0810 e. The van der Waals surface area contributed by atoms with Crippen molar-refractivity contribution in [2.75, 3.05) is 26.4 Å². The third kappa shape index (κ3) is 14.8. The molecule has 0 saturated carbocycles. The highest BCUT2D eigenvalue weighted by molar-refractivity contribution is 4.58. The van der Waals surface area contributed by atoms with Gasteiger partial charge in [-0.2, -0.15) is 0 Å². The van der Waals surface area contributed by atoms with Crippen molar-refractivity contribution in [1.29, 1.82) is 0 Å². The summed E-state index contributed by atoms with van der Waals surface area (Å²) < 4.78 is 17.4. The molecule has 0 aromatic heterocycles. The van der Waals surface area contributed by atoms with Gasteiger partial charge in [-0.05, 0) is 26.2 Å². The van der Waals surface area contributed by atoms with Gasteiger partial charge in [0.05, 0.1) is 25.4 Å². The van der Waals surface area contributed by atoms with E-state index in [4.69, 9.17) is 14.2 Å². The molecule has 0 aliphatic carbocycles. The first-order valence-corrected chi connectivity index (χ1v) is 9.55. The van der Waals surface area contributed by atoms with Gasteiger partial charge in [0.2, 0.25) is 0 Å². The van der Waals surface area contributed by atoms with Crippen LogP contribution in [0.25, 0.3) is 0 Å². The highest BCUT2D eigenvalue weighted by atomic mass is 16.6. The predicted octanol–water partition coefficient (Wildman–Crippen LogP) is 5.36. The van der Waals surface area contributed by atoms with E-state index < -0.39 is 0 Å². The Labute approximate surface area is 139 Å². The summed E-state index contributed by atoms with van der Waals surface area (Å²) in [6.45, 7) is 11.8. The molecule has 0 radical (unpaired) electrons. The van der Waals surface area contributed by atoms with Gasteiger partial charge < -0.3 is 14.2 Å². The van der Waals surface area contributed by atoms with E-state index in [2.05, 4.69) is 27.7 Å². The largest absolute Gasteiger partial charge is 0.379 e. The van der Waals surface area contributed by atoms with Gasteiger partial charge in [-0.1, -0.05) is 59.3 Å². The lowest BCUT2D eigenvalue weighted by atomic mass is 10.2. The Kier molecular flexibility index (Phi) is 17.1. The normalized spacial score (nSPS) is 14.2. The van der Waals surface area contributed by atoms with Crippen LogP contribution in [0.3, 0.4) is 0 Å². The second-order valence-corrected chi connectivity index (χ2v) is 6.25. The minimum absolute atomic E-state index is 0.153.